The number of nitrogens with one attached hydrogen (secondary N) is 1. The predicted octanol–water partition coefficient (Wildman–Crippen LogP) is 4.40. The van der Waals surface area contributed by atoms with Gasteiger partial charge >= 0.3 is 0 Å². The number of carbonyl (C=O) groups is 1. The first-order valence-corrected chi connectivity index (χ1v) is 11.5. The summed E-state index contributed by atoms with van der Waals surface area (Å²) in [4.78, 5) is 13.1. The van der Waals surface area contributed by atoms with Crippen LogP contribution in [-0.4, -0.2) is 28.0 Å². The van der Waals surface area contributed by atoms with Crippen LogP contribution >= 0.6 is 0 Å². The van der Waals surface area contributed by atoms with E-state index in [1.165, 1.54) is 4.31 Å². The lowest BCUT2D eigenvalue weighted by Crippen LogP contribution is -2.35. The highest BCUT2D eigenvalue weighted by molar-refractivity contribution is 7.92. The number of nitrogens with zero attached hydrogens (tertiary/aromatic N) is 1. The first kappa shape index (κ1) is 20.9. The van der Waals surface area contributed by atoms with Gasteiger partial charge in [-0.1, -0.05) is 24.3 Å². The molecular weight excluding hydrogens is 412 g/mol. The van der Waals surface area contributed by atoms with E-state index in [0.717, 1.165) is 11.1 Å². The lowest BCUT2D eigenvalue weighted by molar-refractivity contribution is 0.102. The van der Waals surface area contributed by atoms with Gasteiger partial charge in [-0.05, 0) is 73.4 Å². The fraction of sp³-hybridized carbons (Fsp3) is 0.208. The summed E-state index contributed by atoms with van der Waals surface area (Å²) < 4.78 is 33.1. The van der Waals surface area contributed by atoms with Gasteiger partial charge in [0.25, 0.3) is 15.9 Å². The van der Waals surface area contributed by atoms with Crippen molar-refractivity contribution in [3.05, 3.63) is 83.4 Å². The van der Waals surface area contributed by atoms with E-state index in [4.69, 9.17) is 4.74 Å². The van der Waals surface area contributed by atoms with Gasteiger partial charge < -0.3 is 10.1 Å². The summed E-state index contributed by atoms with van der Waals surface area (Å²) in [5.41, 5.74) is 3.54. The highest BCUT2D eigenvalue weighted by Gasteiger charge is 2.29. The first-order chi connectivity index (χ1) is 14.9. The normalized spacial score (nSPS) is 13.4. The fourth-order valence-corrected chi connectivity index (χ4v) is 5.35. The van der Waals surface area contributed by atoms with Crippen molar-refractivity contribution in [1.82, 2.24) is 0 Å². The molecule has 0 unspecified atom stereocenters. The van der Waals surface area contributed by atoms with Crippen molar-refractivity contribution in [3.63, 3.8) is 0 Å². The molecule has 0 atom stereocenters. The maximum atomic E-state index is 13.1. The minimum absolute atomic E-state index is 0.260. The molecule has 1 aliphatic heterocycles. The number of methoxy groups -OCH3 is 1. The molecule has 4 rings (SSSR count). The Kier molecular flexibility index (Phi) is 5.69. The van der Waals surface area contributed by atoms with Crippen molar-refractivity contribution in [2.45, 2.75) is 24.7 Å². The Hall–Kier alpha value is -3.32. The minimum Gasteiger partial charge on any atom is -0.495 e. The summed E-state index contributed by atoms with van der Waals surface area (Å²) in [7, 11) is -2.10. The van der Waals surface area contributed by atoms with Gasteiger partial charge in [-0.15, -0.1) is 0 Å². The van der Waals surface area contributed by atoms with E-state index in [0.29, 0.717) is 42.1 Å². The van der Waals surface area contributed by atoms with E-state index >= 15 is 0 Å². The van der Waals surface area contributed by atoms with E-state index in [1.807, 2.05) is 25.1 Å². The lowest BCUT2D eigenvalue weighted by Gasteiger charge is -2.30. The number of sulfonamides is 1. The van der Waals surface area contributed by atoms with Crippen LogP contribution in [0.15, 0.2) is 71.6 Å². The van der Waals surface area contributed by atoms with Gasteiger partial charge in [0.1, 0.15) is 5.75 Å². The van der Waals surface area contributed by atoms with Crippen LogP contribution in [0, 0.1) is 6.92 Å². The summed E-state index contributed by atoms with van der Waals surface area (Å²) in [5, 5.41) is 2.90. The van der Waals surface area contributed by atoms with Crippen molar-refractivity contribution in [2.24, 2.45) is 0 Å². The topological polar surface area (TPSA) is 75.7 Å². The van der Waals surface area contributed by atoms with E-state index < -0.39 is 10.0 Å². The summed E-state index contributed by atoms with van der Waals surface area (Å²) in [6.45, 7) is 2.35. The molecule has 0 spiro atoms. The third kappa shape index (κ3) is 4.14. The van der Waals surface area contributed by atoms with Crippen LogP contribution in [0.1, 0.15) is 27.9 Å². The van der Waals surface area contributed by atoms with Gasteiger partial charge in [0.05, 0.1) is 23.4 Å². The summed E-state index contributed by atoms with van der Waals surface area (Å²) in [5.74, 6) is 0.312. The second-order valence-corrected chi connectivity index (χ2v) is 9.36. The van der Waals surface area contributed by atoms with E-state index in [1.54, 1.807) is 55.6 Å². The average molecular weight is 437 g/mol. The molecule has 7 heteroatoms. The Morgan fingerprint density at radius 1 is 1.03 bits per heavy atom. The van der Waals surface area contributed by atoms with E-state index in [-0.39, 0.29) is 10.8 Å². The Balaban J connectivity index is 1.63. The van der Waals surface area contributed by atoms with Crippen molar-refractivity contribution < 1.29 is 17.9 Å². The SMILES string of the molecule is COc1ccc(C)cc1NC(=O)c1ccc2c(c1)CCCN2S(=O)(=O)c1ccccc1. The Morgan fingerprint density at radius 2 is 1.81 bits per heavy atom. The standard InChI is InChI=1S/C24H24N2O4S/c1-17-10-13-23(30-2)21(15-17)25-24(27)19-11-12-22-18(16-19)7-6-14-26(22)31(28,29)20-8-4-3-5-9-20/h3-5,8-13,15-16H,6-7,14H2,1-2H3,(H,25,27). The summed E-state index contributed by atoms with van der Waals surface area (Å²) in [6, 6.07) is 19.1. The maximum Gasteiger partial charge on any atom is 0.264 e. The van der Waals surface area contributed by atoms with Gasteiger partial charge in [0.15, 0.2) is 0 Å². The van der Waals surface area contributed by atoms with Crippen molar-refractivity contribution in [3.8, 4) is 5.75 Å². The largest absolute Gasteiger partial charge is 0.495 e. The van der Waals surface area contributed by atoms with Crippen LogP contribution in [0.3, 0.4) is 0 Å². The molecule has 0 radical (unpaired) electrons. The smallest absolute Gasteiger partial charge is 0.264 e. The molecule has 0 saturated carbocycles. The average Bonchev–Trinajstić information content (AvgIpc) is 2.79. The highest BCUT2D eigenvalue weighted by Crippen LogP contribution is 2.33. The van der Waals surface area contributed by atoms with Crippen LogP contribution in [0.4, 0.5) is 11.4 Å². The van der Waals surface area contributed by atoms with Gasteiger partial charge in [-0.3, -0.25) is 9.10 Å². The quantitative estimate of drug-likeness (QED) is 0.643. The van der Waals surface area contributed by atoms with Crippen LogP contribution in [0.2, 0.25) is 0 Å². The summed E-state index contributed by atoms with van der Waals surface area (Å²) >= 11 is 0. The molecule has 1 amide bonds. The number of hydrogen-bond acceptors (Lipinski definition) is 4. The van der Waals surface area contributed by atoms with Crippen LogP contribution in [-0.2, 0) is 16.4 Å². The van der Waals surface area contributed by atoms with Crippen LogP contribution < -0.4 is 14.4 Å². The second kappa shape index (κ2) is 8.43. The molecule has 1 N–H and O–H groups in total. The first-order valence-electron chi connectivity index (χ1n) is 10.1. The Labute approximate surface area is 182 Å². The van der Waals surface area contributed by atoms with Gasteiger partial charge in [0.2, 0.25) is 0 Å². The predicted molar refractivity (Wildman–Crippen MR) is 121 cm³/mol. The zero-order valence-corrected chi connectivity index (χ0v) is 18.3. The third-order valence-corrected chi connectivity index (χ3v) is 7.18. The molecule has 1 aliphatic rings. The van der Waals surface area contributed by atoms with E-state index in [9.17, 15) is 13.2 Å². The zero-order chi connectivity index (χ0) is 22.0. The van der Waals surface area contributed by atoms with Gasteiger partial charge in [-0.2, -0.15) is 0 Å². The molecule has 3 aromatic carbocycles. The molecule has 1 heterocycles. The van der Waals surface area contributed by atoms with Crippen molar-refractivity contribution >= 4 is 27.3 Å². The van der Waals surface area contributed by atoms with Crippen molar-refractivity contribution in [1.29, 1.82) is 0 Å². The van der Waals surface area contributed by atoms with Gasteiger partial charge in [-0.25, -0.2) is 8.42 Å². The number of hydrogen-bond donors (Lipinski definition) is 1. The number of benzene rings is 3. The Bertz CT molecular complexity index is 1220. The summed E-state index contributed by atoms with van der Waals surface area (Å²) in [6.07, 6.45) is 1.40. The number of aryl methyl sites for hydroxylation is 2. The molecule has 0 saturated heterocycles. The molecule has 31 heavy (non-hydrogen) atoms. The minimum atomic E-state index is -3.65. The molecule has 0 fully saturated rings. The molecule has 0 bridgehead atoms. The van der Waals surface area contributed by atoms with Crippen LogP contribution in [0.5, 0.6) is 5.75 Å². The van der Waals surface area contributed by atoms with E-state index in [2.05, 4.69) is 5.32 Å². The zero-order valence-electron chi connectivity index (χ0n) is 17.5. The third-order valence-electron chi connectivity index (χ3n) is 5.35. The number of ether oxygens (including phenoxy) is 1. The monoisotopic (exact) mass is 436 g/mol. The van der Waals surface area contributed by atoms with Gasteiger partial charge in [0, 0.05) is 12.1 Å². The fourth-order valence-electron chi connectivity index (χ4n) is 3.79. The molecule has 160 valence electrons. The molecule has 6 nitrogen and oxygen atoms in total. The highest BCUT2D eigenvalue weighted by atomic mass is 32.2. The number of anilines is 2. The van der Waals surface area contributed by atoms with Crippen LogP contribution in [0.25, 0.3) is 0 Å². The number of rotatable bonds is 5. The number of carbonyl (C=O) groups excluding carboxylic acids is 1. The maximum absolute atomic E-state index is 13.1. The second-order valence-electron chi connectivity index (χ2n) is 7.50. The lowest BCUT2D eigenvalue weighted by atomic mass is 10.0. The Morgan fingerprint density at radius 3 is 2.55 bits per heavy atom. The number of fused-ring (bicyclic) bond motifs is 1. The van der Waals surface area contributed by atoms with Crippen molar-refractivity contribution in [2.75, 3.05) is 23.3 Å². The molecule has 0 aliphatic carbocycles. The molecular formula is C24H24N2O4S. The number of amides is 1. The molecule has 0 aromatic heterocycles. The molecule has 3 aromatic rings.